The Balaban J connectivity index is 2.84. The van der Waals surface area contributed by atoms with Crippen LogP contribution in [0.5, 0.6) is 0 Å². The molecule has 0 saturated carbocycles. The molecular formula is C18H26FNO3. The molecule has 1 unspecified atom stereocenters. The van der Waals surface area contributed by atoms with E-state index in [4.69, 9.17) is 4.74 Å². The third kappa shape index (κ3) is 6.48. The van der Waals surface area contributed by atoms with Gasteiger partial charge in [0.15, 0.2) is 5.78 Å². The molecule has 0 aliphatic heterocycles. The van der Waals surface area contributed by atoms with Gasteiger partial charge in [0, 0.05) is 5.56 Å². The lowest BCUT2D eigenvalue weighted by molar-refractivity contribution is -0.143. The Morgan fingerprint density at radius 1 is 1.30 bits per heavy atom. The van der Waals surface area contributed by atoms with E-state index in [0.29, 0.717) is 23.6 Å². The van der Waals surface area contributed by atoms with Crippen molar-refractivity contribution in [3.8, 4) is 0 Å². The Bertz CT molecular complexity index is 543. The number of hydrogen-bond acceptors (Lipinski definition) is 4. The first-order valence-electron chi connectivity index (χ1n) is 8.04. The van der Waals surface area contributed by atoms with Crippen molar-refractivity contribution in [3.05, 3.63) is 35.1 Å². The second kappa shape index (κ2) is 9.40. The highest BCUT2D eigenvalue weighted by Gasteiger charge is 2.23. The fourth-order valence-electron chi connectivity index (χ4n) is 2.19. The molecule has 1 aromatic carbocycles. The molecule has 128 valence electrons. The predicted molar refractivity (Wildman–Crippen MR) is 88.0 cm³/mol. The van der Waals surface area contributed by atoms with Gasteiger partial charge in [-0.15, -0.1) is 0 Å². The van der Waals surface area contributed by atoms with Gasteiger partial charge in [-0.05, 0) is 56.5 Å². The number of esters is 1. The highest BCUT2D eigenvalue weighted by atomic mass is 19.1. The normalized spacial score (nSPS) is 12.3. The molecule has 0 fully saturated rings. The Morgan fingerprint density at radius 3 is 2.57 bits per heavy atom. The summed E-state index contributed by atoms with van der Waals surface area (Å²) < 4.78 is 18.3. The van der Waals surface area contributed by atoms with Crippen molar-refractivity contribution in [2.45, 2.75) is 46.6 Å². The van der Waals surface area contributed by atoms with Crippen molar-refractivity contribution in [1.82, 2.24) is 5.32 Å². The van der Waals surface area contributed by atoms with Crippen molar-refractivity contribution >= 4 is 11.8 Å². The molecule has 1 N–H and O–H groups in total. The summed E-state index contributed by atoms with van der Waals surface area (Å²) in [4.78, 5) is 24.4. The summed E-state index contributed by atoms with van der Waals surface area (Å²) in [5, 5.41) is 3.13. The van der Waals surface area contributed by atoms with E-state index >= 15 is 0 Å². The number of nitrogens with one attached hydrogen (secondary N) is 1. The lowest BCUT2D eigenvalue weighted by atomic mass is 9.99. The Morgan fingerprint density at radius 2 is 2.00 bits per heavy atom. The zero-order chi connectivity index (χ0) is 17.4. The standard InChI is InChI=1S/C18H26FNO3/c1-5-23-17(21)11-16(20-9-8-12(2)3)18(22)14-6-7-15(19)13(4)10-14/h6-7,10,12,16,20H,5,8-9,11H2,1-4H3. The fraction of sp³-hybridized carbons (Fsp3) is 0.556. The van der Waals surface area contributed by atoms with Crippen LogP contribution in [0.15, 0.2) is 18.2 Å². The molecule has 1 rings (SSSR count). The first-order chi connectivity index (χ1) is 10.8. The molecule has 0 aliphatic rings. The van der Waals surface area contributed by atoms with E-state index in [1.54, 1.807) is 13.8 Å². The summed E-state index contributed by atoms with van der Waals surface area (Å²) in [6.07, 6.45) is 0.871. The molecule has 0 heterocycles. The maximum absolute atomic E-state index is 13.4. The highest BCUT2D eigenvalue weighted by Crippen LogP contribution is 2.13. The first kappa shape index (κ1) is 19.3. The number of rotatable bonds is 9. The van der Waals surface area contributed by atoms with Gasteiger partial charge >= 0.3 is 5.97 Å². The van der Waals surface area contributed by atoms with Crippen molar-refractivity contribution in [3.63, 3.8) is 0 Å². The van der Waals surface area contributed by atoms with Crippen molar-refractivity contribution in [2.75, 3.05) is 13.2 Å². The number of ether oxygens (including phenoxy) is 1. The van der Waals surface area contributed by atoms with Crippen LogP contribution in [0, 0.1) is 18.7 Å². The zero-order valence-electron chi connectivity index (χ0n) is 14.3. The van der Waals surface area contributed by atoms with Gasteiger partial charge in [0.2, 0.25) is 0 Å². The molecule has 5 heteroatoms. The number of hydrogen-bond donors (Lipinski definition) is 1. The minimum atomic E-state index is -0.655. The number of carbonyl (C=O) groups is 2. The van der Waals surface area contributed by atoms with E-state index in [1.165, 1.54) is 18.2 Å². The van der Waals surface area contributed by atoms with Crippen LogP contribution in [0.4, 0.5) is 4.39 Å². The van der Waals surface area contributed by atoms with Gasteiger partial charge in [0.05, 0.1) is 19.1 Å². The van der Waals surface area contributed by atoms with Crippen LogP contribution >= 0.6 is 0 Å². The minimum absolute atomic E-state index is 0.0266. The molecule has 4 nitrogen and oxygen atoms in total. The highest BCUT2D eigenvalue weighted by molar-refractivity contribution is 6.02. The molecule has 0 amide bonds. The SMILES string of the molecule is CCOC(=O)CC(NCCC(C)C)C(=O)c1ccc(F)c(C)c1. The Labute approximate surface area is 137 Å². The number of ketones is 1. The van der Waals surface area contributed by atoms with Crippen LogP contribution in [0.3, 0.4) is 0 Å². The minimum Gasteiger partial charge on any atom is -0.466 e. The van der Waals surface area contributed by atoms with E-state index in [0.717, 1.165) is 6.42 Å². The van der Waals surface area contributed by atoms with Crippen molar-refractivity contribution in [2.24, 2.45) is 5.92 Å². The van der Waals surface area contributed by atoms with E-state index in [1.807, 2.05) is 0 Å². The molecular weight excluding hydrogens is 297 g/mol. The smallest absolute Gasteiger partial charge is 0.307 e. The molecule has 23 heavy (non-hydrogen) atoms. The number of aryl methyl sites for hydroxylation is 1. The van der Waals surface area contributed by atoms with Gasteiger partial charge in [-0.25, -0.2) is 4.39 Å². The molecule has 0 spiro atoms. The maximum Gasteiger partial charge on any atom is 0.307 e. The summed E-state index contributed by atoms with van der Waals surface area (Å²) in [5.41, 5.74) is 0.808. The summed E-state index contributed by atoms with van der Waals surface area (Å²) >= 11 is 0. The maximum atomic E-state index is 13.4. The lowest BCUT2D eigenvalue weighted by Crippen LogP contribution is -2.40. The van der Waals surface area contributed by atoms with E-state index in [9.17, 15) is 14.0 Å². The van der Waals surface area contributed by atoms with Gasteiger partial charge in [0.25, 0.3) is 0 Å². The molecule has 0 bridgehead atoms. The topological polar surface area (TPSA) is 55.4 Å². The van der Waals surface area contributed by atoms with E-state index in [-0.39, 0.29) is 24.6 Å². The van der Waals surface area contributed by atoms with Crippen LogP contribution in [0.2, 0.25) is 0 Å². The van der Waals surface area contributed by atoms with E-state index in [2.05, 4.69) is 19.2 Å². The van der Waals surface area contributed by atoms with Gasteiger partial charge in [-0.3, -0.25) is 9.59 Å². The van der Waals surface area contributed by atoms with Gasteiger partial charge in [-0.1, -0.05) is 13.8 Å². The quantitative estimate of drug-likeness (QED) is 0.560. The van der Waals surface area contributed by atoms with Gasteiger partial charge in [-0.2, -0.15) is 0 Å². The average molecular weight is 323 g/mol. The van der Waals surface area contributed by atoms with Crippen LogP contribution < -0.4 is 5.32 Å². The summed E-state index contributed by atoms with van der Waals surface area (Å²) in [6.45, 7) is 8.43. The third-order valence-electron chi connectivity index (χ3n) is 3.55. The number of benzene rings is 1. The first-order valence-corrected chi connectivity index (χ1v) is 8.04. The van der Waals surface area contributed by atoms with Crippen LogP contribution in [-0.4, -0.2) is 30.9 Å². The number of carbonyl (C=O) groups excluding carboxylic acids is 2. The van der Waals surface area contributed by atoms with Crippen molar-refractivity contribution in [1.29, 1.82) is 0 Å². The van der Waals surface area contributed by atoms with Crippen LogP contribution in [0.25, 0.3) is 0 Å². The van der Waals surface area contributed by atoms with Crippen LogP contribution in [-0.2, 0) is 9.53 Å². The van der Waals surface area contributed by atoms with Gasteiger partial charge < -0.3 is 10.1 Å². The lowest BCUT2D eigenvalue weighted by Gasteiger charge is -2.18. The number of halogens is 1. The Hall–Kier alpha value is -1.75. The monoisotopic (exact) mass is 323 g/mol. The molecule has 0 aromatic heterocycles. The molecule has 1 atom stereocenters. The molecule has 1 aromatic rings. The third-order valence-corrected chi connectivity index (χ3v) is 3.55. The summed E-state index contributed by atoms with van der Waals surface area (Å²) in [7, 11) is 0. The van der Waals surface area contributed by atoms with Gasteiger partial charge in [0.1, 0.15) is 5.82 Å². The Kier molecular flexibility index (Phi) is 7.89. The second-order valence-corrected chi connectivity index (χ2v) is 6.03. The van der Waals surface area contributed by atoms with Crippen molar-refractivity contribution < 1.29 is 18.7 Å². The summed E-state index contributed by atoms with van der Waals surface area (Å²) in [6, 6.07) is 3.59. The molecule has 0 aliphatic carbocycles. The summed E-state index contributed by atoms with van der Waals surface area (Å²) in [5.74, 6) is -0.489. The van der Waals surface area contributed by atoms with E-state index < -0.39 is 12.0 Å². The largest absolute Gasteiger partial charge is 0.466 e. The fourth-order valence-corrected chi connectivity index (χ4v) is 2.19. The molecule has 0 radical (unpaired) electrons. The zero-order valence-corrected chi connectivity index (χ0v) is 14.3. The number of Topliss-reactive ketones (excluding diaryl/α,β-unsaturated/α-hetero) is 1. The predicted octanol–water partition coefficient (Wildman–Crippen LogP) is 3.27. The van der Waals surface area contributed by atoms with Crippen LogP contribution in [0.1, 0.15) is 49.5 Å². The average Bonchev–Trinajstić information content (AvgIpc) is 2.48. The second-order valence-electron chi connectivity index (χ2n) is 6.03. The molecule has 0 saturated heterocycles.